The number of hydrogen-bond acceptors (Lipinski definition) is 2. The molecule has 0 aliphatic carbocycles. The standard InChI is InChI=1S/C12H15FN2O/c1-9-3-2-4-10(11(9)13)12(16)15-7-5-14-6-8-15/h2-4,14H,5-8H2,1H3. The maximum atomic E-state index is 13.7. The van der Waals surface area contributed by atoms with Crippen molar-refractivity contribution in [1.82, 2.24) is 10.2 Å². The van der Waals surface area contributed by atoms with E-state index in [4.69, 9.17) is 0 Å². The van der Waals surface area contributed by atoms with Gasteiger partial charge in [0, 0.05) is 26.2 Å². The average molecular weight is 222 g/mol. The molecule has 1 aliphatic rings. The summed E-state index contributed by atoms with van der Waals surface area (Å²) in [6.45, 7) is 4.51. The first kappa shape index (κ1) is 11.1. The molecule has 1 heterocycles. The van der Waals surface area contributed by atoms with E-state index in [-0.39, 0.29) is 11.5 Å². The first-order chi connectivity index (χ1) is 7.70. The van der Waals surface area contributed by atoms with Crippen molar-refractivity contribution in [3.63, 3.8) is 0 Å². The molecule has 0 aromatic heterocycles. The van der Waals surface area contributed by atoms with E-state index in [1.807, 2.05) is 0 Å². The zero-order valence-corrected chi connectivity index (χ0v) is 9.29. The number of benzene rings is 1. The van der Waals surface area contributed by atoms with E-state index in [2.05, 4.69) is 5.32 Å². The molecule has 1 aliphatic heterocycles. The smallest absolute Gasteiger partial charge is 0.256 e. The molecular weight excluding hydrogens is 207 g/mol. The molecule has 1 N–H and O–H groups in total. The lowest BCUT2D eigenvalue weighted by molar-refractivity contribution is 0.0731. The molecule has 1 aromatic rings. The topological polar surface area (TPSA) is 32.3 Å². The first-order valence-corrected chi connectivity index (χ1v) is 5.45. The highest BCUT2D eigenvalue weighted by atomic mass is 19.1. The average Bonchev–Trinajstić information content (AvgIpc) is 2.33. The van der Waals surface area contributed by atoms with Crippen molar-refractivity contribution in [1.29, 1.82) is 0 Å². The quantitative estimate of drug-likeness (QED) is 0.774. The Balaban J connectivity index is 2.22. The second kappa shape index (κ2) is 4.61. The predicted molar refractivity (Wildman–Crippen MR) is 59.9 cm³/mol. The summed E-state index contributed by atoms with van der Waals surface area (Å²) in [5.41, 5.74) is 0.697. The Morgan fingerprint density at radius 3 is 2.75 bits per heavy atom. The summed E-state index contributed by atoms with van der Waals surface area (Å²) in [5, 5.41) is 3.16. The number of carbonyl (C=O) groups excluding carboxylic acids is 1. The van der Waals surface area contributed by atoms with E-state index in [0.29, 0.717) is 18.7 Å². The van der Waals surface area contributed by atoms with Crippen LogP contribution in [0, 0.1) is 12.7 Å². The lowest BCUT2D eigenvalue weighted by Gasteiger charge is -2.27. The van der Waals surface area contributed by atoms with Gasteiger partial charge in [-0.15, -0.1) is 0 Å². The van der Waals surface area contributed by atoms with Crippen LogP contribution in [-0.4, -0.2) is 37.0 Å². The van der Waals surface area contributed by atoms with E-state index in [9.17, 15) is 9.18 Å². The number of nitrogens with zero attached hydrogens (tertiary/aromatic N) is 1. The highest BCUT2D eigenvalue weighted by molar-refractivity contribution is 5.94. The highest BCUT2D eigenvalue weighted by Gasteiger charge is 2.21. The summed E-state index contributed by atoms with van der Waals surface area (Å²) in [6, 6.07) is 4.93. The molecule has 0 unspecified atom stereocenters. The predicted octanol–water partition coefficient (Wildman–Crippen LogP) is 1.18. The molecule has 1 amide bonds. The number of carbonyl (C=O) groups is 1. The van der Waals surface area contributed by atoms with Crippen LogP contribution >= 0.6 is 0 Å². The van der Waals surface area contributed by atoms with Crippen molar-refractivity contribution >= 4 is 5.91 Å². The monoisotopic (exact) mass is 222 g/mol. The molecule has 1 fully saturated rings. The van der Waals surface area contributed by atoms with Crippen LogP contribution in [0.1, 0.15) is 15.9 Å². The molecule has 16 heavy (non-hydrogen) atoms. The number of halogens is 1. The maximum absolute atomic E-state index is 13.7. The van der Waals surface area contributed by atoms with Gasteiger partial charge in [0.05, 0.1) is 5.56 Å². The Hall–Kier alpha value is -1.42. The molecule has 0 spiro atoms. The van der Waals surface area contributed by atoms with Gasteiger partial charge in [0.2, 0.25) is 0 Å². The van der Waals surface area contributed by atoms with Gasteiger partial charge in [0.25, 0.3) is 5.91 Å². The van der Waals surface area contributed by atoms with E-state index in [1.165, 1.54) is 0 Å². The molecule has 0 radical (unpaired) electrons. The number of nitrogens with one attached hydrogen (secondary N) is 1. The Morgan fingerprint density at radius 1 is 1.38 bits per heavy atom. The van der Waals surface area contributed by atoms with Gasteiger partial charge in [-0.05, 0) is 18.6 Å². The van der Waals surface area contributed by atoms with E-state index >= 15 is 0 Å². The summed E-state index contributed by atoms with van der Waals surface area (Å²) in [7, 11) is 0. The minimum Gasteiger partial charge on any atom is -0.336 e. The number of aryl methyl sites for hydroxylation is 1. The Bertz CT molecular complexity index is 400. The van der Waals surface area contributed by atoms with Crippen molar-refractivity contribution in [3.8, 4) is 0 Å². The summed E-state index contributed by atoms with van der Waals surface area (Å²) < 4.78 is 13.7. The number of hydrogen-bond donors (Lipinski definition) is 1. The lowest BCUT2D eigenvalue weighted by Crippen LogP contribution is -2.46. The minimum atomic E-state index is -0.397. The summed E-state index contributed by atoms with van der Waals surface area (Å²) in [5.74, 6) is -0.603. The molecular formula is C12H15FN2O. The van der Waals surface area contributed by atoms with Crippen molar-refractivity contribution in [2.45, 2.75) is 6.92 Å². The van der Waals surface area contributed by atoms with Crippen LogP contribution in [0.2, 0.25) is 0 Å². The van der Waals surface area contributed by atoms with Gasteiger partial charge in [-0.3, -0.25) is 4.79 Å². The zero-order valence-electron chi connectivity index (χ0n) is 9.29. The van der Waals surface area contributed by atoms with Crippen LogP contribution < -0.4 is 5.32 Å². The van der Waals surface area contributed by atoms with Gasteiger partial charge in [0.15, 0.2) is 0 Å². The Kier molecular flexibility index (Phi) is 3.19. The van der Waals surface area contributed by atoms with Crippen LogP contribution in [0.3, 0.4) is 0 Å². The van der Waals surface area contributed by atoms with E-state index in [1.54, 1.807) is 30.0 Å². The van der Waals surface area contributed by atoms with E-state index in [0.717, 1.165) is 13.1 Å². The van der Waals surface area contributed by atoms with Crippen molar-refractivity contribution in [2.75, 3.05) is 26.2 Å². The maximum Gasteiger partial charge on any atom is 0.256 e. The number of piperazine rings is 1. The van der Waals surface area contributed by atoms with Crippen LogP contribution in [0.15, 0.2) is 18.2 Å². The largest absolute Gasteiger partial charge is 0.336 e. The third kappa shape index (κ3) is 2.07. The first-order valence-electron chi connectivity index (χ1n) is 5.45. The molecule has 1 aromatic carbocycles. The van der Waals surface area contributed by atoms with Crippen LogP contribution in [0.4, 0.5) is 4.39 Å². The molecule has 0 atom stereocenters. The minimum absolute atomic E-state index is 0.182. The summed E-state index contributed by atoms with van der Waals surface area (Å²) in [6.07, 6.45) is 0. The van der Waals surface area contributed by atoms with Gasteiger partial charge >= 0.3 is 0 Å². The zero-order chi connectivity index (χ0) is 11.5. The SMILES string of the molecule is Cc1cccc(C(=O)N2CCNCC2)c1F. The molecule has 3 nitrogen and oxygen atoms in total. The number of rotatable bonds is 1. The fourth-order valence-electron chi connectivity index (χ4n) is 1.85. The molecule has 0 bridgehead atoms. The van der Waals surface area contributed by atoms with Crippen LogP contribution in [-0.2, 0) is 0 Å². The highest BCUT2D eigenvalue weighted by Crippen LogP contribution is 2.14. The van der Waals surface area contributed by atoms with Crippen molar-refractivity contribution < 1.29 is 9.18 Å². The summed E-state index contributed by atoms with van der Waals surface area (Å²) in [4.78, 5) is 13.7. The van der Waals surface area contributed by atoms with Gasteiger partial charge in [-0.25, -0.2) is 4.39 Å². The van der Waals surface area contributed by atoms with Crippen LogP contribution in [0.25, 0.3) is 0 Å². The second-order valence-electron chi connectivity index (χ2n) is 3.98. The fraction of sp³-hybridized carbons (Fsp3) is 0.417. The Labute approximate surface area is 94.3 Å². The third-order valence-corrected chi connectivity index (χ3v) is 2.83. The lowest BCUT2D eigenvalue weighted by atomic mass is 10.1. The van der Waals surface area contributed by atoms with Gasteiger partial charge in [0.1, 0.15) is 5.82 Å². The van der Waals surface area contributed by atoms with Crippen molar-refractivity contribution in [3.05, 3.63) is 35.1 Å². The molecule has 2 rings (SSSR count). The van der Waals surface area contributed by atoms with Crippen molar-refractivity contribution in [2.24, 2.45) is 0 Å². The molecule has 86 valence electrons. The summed E-state index contributed by atoms with van der Waals surface area (Å²) >= 11 is 0. The second-order valence-corrected chi connectivity index (χ2v) is 3.98. The van der Waals surface area contributed by atoms with Gasteiger partial charge in [-0.1, -0.05) is 12.1 Å². The van der Waals surface area contributed by atoms with Gasteiger partial charge in [-0.2, -0.15) is 0 Å². The molecule has 1 saturated heterocycles. The molecule has 4 heteroatoms. The van der Waals surface area contributed by atoms with E-state index < -0.39 is 5.82 Å². The van der Waals surface area contributed by atoms with Crippen LogP contribution in [0.5, 0.6) is 0 Å². The third-order valence-electron chi connectivity index (χ3n) is 2.83. The number of amides is 1. The molecule has 0 saturated carbocycles. The normalized spacial score (nSPS) is 16.2. The fourth-order valence-corrected chi connectivity index (χ4v) is 1.85. The van der Waals surface area contributed by atoms with Gasteiger partial charge < -0.3 is 10.2 Å². The Morgan fingerprint density at radius 2 is 2.06 bits per heavy atom.